The van der Waals surface area contributed by atoms with Crippen molar-refractivity contribution < 1.29 is 4.79 Å². The third kappa shape index (κ3) is 4.12. The molecule has 1 amide bonds. The van der Waals surface area contributed by atoms with Crippen molar-refractivity contribution in [1.29, 1.82) is 0 Å². The van der Waals surface area contributed by atoms with Gasteiger partial charge in [-0.15, -0.1) is 5.53 Å². The van der Waals surface area contributed by atoms with Crippen LogP contribution in [0.4, 0.5) is 11.4 Å². The molecule has 8 heteroatoms. The third-order valence-corrected chi connectivity index (χ3v) is 6.51. The molecular formula is C26H31N7O. The maximum atomic E-state index is 12.4. The Kier molecular flexibility index (Phi) is 5.75. The molecule has 8 nitrogen and oxygen atoms in total. The van der Waals surface area contributed by atoms with Crippen LogP contribution in [0.3, 0.4) is 0 Å². The summed E-state index contributed by atoms with van der Waals surface area (Å²) in [7, 11) is 0. The molecule has 0 fully saturated rings. The Hall–Kier alpha value is -3.78. The van der Waals surface area contributed by atoms with E-state index in [9.17, 15) is 4.79 Å². The standard InChI is InChI=1S/C26H31N7O/c1-16(2)32-15-25(30-31-32)19-5-8-21(9-6-19)28-24-13-17(3)33(18(4)34)26-10-7-20(14-22(24)26)23-11-12-27-29-23/h5-12,14-17,24,28,30-31H,13H2,1-4H3,(H,27,29)/t17-,24+/m0/s1. The summed E-state index contributed by atoms with van der Waals surface area (Å²) in [6.45, 7) is 8.01. The fourth-order valence-electron chi connectivity index (χ4n) is 4.77. The number of fused-ring (bicyclic) bond motifs is 1. The number of hydrogen-bond donors (Lipinski definition) is 4. The highest BCUT2D eigenvalue weighted by molar-refractivity contribution is 5.94. The van der Waals surface area contributed by atoms with Gasteiger partial charge in [0.05, 0.1) is 17.4 Å². The molecule has 2 aliphatic heterocycles. The molecule has 0 saturated carbocycles. The second-order valence-corrected chi connectivity index (χ2v) is 9.27. The molecule has 0 aliphatic carbocycles. The van der Waals surface area contributed by atoms with E-state index in [2.05, 4.69) is 83.8 Å². The lowest BCUT2D eigenvalue weighted by atomic mass is 9.89. The topological polar surface area (TPSA) is 88.3 Å². The Morgan fingerprint density at radius 3 is 2.53 bits per heavy atom. The summed E-state index contributed by atoms with van der Waals surface area (Å²) in [5, 5.41) is 12.9. The molecule has 2 aliphatic rings. The van der Waals surface area contributed by atoms with Gasteiger partial charge in [-0.2, -0.15) is 5.10 Å². The zero-order valence-electron chi connectivity index (χ0n) is 20.0. The van der Waals surface area contributed by atoms with E-state index in [1.165, 1.54) is 0 Å². The zero-order chi connectivity index (χ0) is 23.8. The Labute approximate surface area is 200 Å². The lowest BCUT2D eigenvalue weighted by Crippen LogP contribution is -2.43. The summed E-state index contributed by atoms with van der Waals surface area (Å²) < 4.78 is 0. The number of benzene rings is 2. The highest BCUT2D eigenvalue weighted by Gasteiger charge is 2.32. The van der Waals surface area contributed by atoms with Gasteiger partial charge in [-0.3, -0.25) is 14.9 Å². The number of carbonyl (C=O) groups is 1. The average Bonchev–Trinajstić information content (AvgIpc) is 3.52. The smallest absolute Gasteiger partial charge is 0.224 e. The SMILES string of the molecule is CC(=O)N1c2ccc(-c3ccn[nH]3)cc2[C@H](Nc2ccc(C3=CN(C(C)C)NN3)cc2)C[C@@H]1C. The maximum Gasteiger partial charge on any atom is 0.224 e. The van der Waals surface area contributed by atoms with Crippen LogP contribution < -0.4 is 21.2 Å². The first-order valence-electron chi connectivity index (χ1n) is 11.7. The first-order chi connectivity index (χ1) is 16.4. The van der Waals surface area contributed by atoms with Crippen LogP contribution in [0.15, 0.2) is 60.9 Å². The lowest BCUT2D eigenvalue weighted by Gasteiger charge is -2.39. The largest absolute Gasteiger partial charge is 0.378 e. The van der Waals surface area contributed by atoms with Gasteiger partial charge in [0, 0.05) is 53.9 Å². The van der Waals surface area contributed by atoms with E-state index in [0.717, 1.165) is 45.9 Å². The highest BCUT2D eigenvalue weighted by atomic mass is 16.2. The van der Waals surface area contributed by atoms with Crippen LogP contribution in [0.2, 0.25) is 0 Å². The number of aromatic nitrogens is 2. The van der Waals surface area contributed by atoms with E-state index in [0.29, 0.717) is 6.04 Å². The zero-order valence-corrected chi connectivity index (χ0v) is 20.0. The van der Waals surface area contributed by atoms with Crippen LogP contribution in [-0.2, 0) is 4.79 Å². The summed E-state index contributed by atoms with van der Waals surface area (Å²) >= 11 is 0. The number of hydrogen-bond acceptors (Lipinski definition) is 6. The van der Waals surface area contributed by atoms with Crippen LogP contribution in [0.1, 0.15) is 51.3 Å². The van der Waals surface area contributed by atoms with Gasteiger partial charge >= 0.3 is 0 Å². The first-order valence-corrected chi connectivity index (χ1v) is 11.7. The van der Waals surface area contributed by atoms with Gasteiger partial charge in [-0.25, -0.2) is 0 Å². The molecule has 2 aromatic carbocycles. The monoisotopic (exact) mass is 457 g/mol. The van der Waals surface area contributed by atoms with Crippen LogP contribution in [0.5, 0.6) is 0 Å². The second kappa shape index (κ2) is 8.87. The molecule has 34 heavy (non-hydrogen) atoms. The minimum absolute atomic E-state index is 0.0623. The minimum atomic E-state index is 0.0623. The number of nitrogens with zero attached hydrogens (tertiary/aromatic N) is 3. The van der Waals surface area contributed by atoms with Crippen LogP contribution in [0.25, 0.3) is 17.0 Å². The Bertz CT molecular complexity index is 1200. The van der Waals surface area contributed by atoms with Crippen molar-refractivity contribution in [1.82, 2.24) is 26.2 Å². The molecule has 1 aromatic heterocycles. The van der Waals surface area contributed by atoms with Gasteiger partial charge in [0.15, 0.2) is 0 Å². The van der Waals surface area contributed by atoms with Gasteiger partial charge in [-0.05, 0) is 63.1 Å². The maximum absolute atomic E-state index is 12.4. The number of hydrazine groups is 2. The number of aromatic amines is 1. The van der Waals surface area contributed by atoms with Crippen LogP contribution in [0, 0.1) is 0 Å². The molecule has 0 unspecified atom stereocenters. The van der Waals surface area contributed by atoms with Gasteiger partial charge in [0.25, 0.3) is 0 Å². The minimum Gasteiger partial charge on any atom is -0.378 e. The normalized spacial score (nSPS) is 19.6. The second-order valence-electron chi connectivity index (χ2n) is 9.27. The molecule has 0 spiro atoms. The summed E-state index contributed by atoms with van der Waals surface area (Å²) in [6, 6.07) is 17.2. The fourth-order valence-corrected chi connectivity index (χ4v) is 4.77. The van der Waals surface area contributed by atoms with Gasteiger partial charge in [0.2, 0.25) is 5.91 Å². The lowest BCUT2D eigenvalue weighted by molar-refractivity contribution is -0.117. The Balaban J connectivity index is 1.43. The van der Waals surface area contributed by atoms with E-state index in [1.807, 2.05) is 28.1 Å². The van der Waals surface area contributed by atoms with Gasteiger partial charge in [0.1, 0.15) is 0 Å². The molecule has 3 aromatic rings. The van der Waals surface area contributed by atoms with Crippen molar-refractivity contribution in [2.45, 2.75) is 52.2 Å². The predicted molar refractivity (Wildman–Crippen MR) is 135 cm³/mol. The number of rotatable bonds is 5. The summed E-state index contributed by atoms with van der Waals surface area (Å²) in [4.78, 5) is 14.4. The van der Waals surface area contributed by atoms with Crippen LogP contribution >= 0.6 is 0 Å². The summed E-state index contributed by atoms with van der Waals surface area (Å²) in [5.74, 6) is 0.0623. The van der Waals surface area contributed by atoms with E-state index >= 15 is 0 Å². The molecule has 0 bridgehead atoms. The predicted octanol–water partition coefficient (Wildman–Crippen LogP) is 4.41. The van der Waals surface area contributed by atoms with Crippen molar-refractivity contribution in [2.24, 2.45) is 0 Å². The number of nitrogens with one attached hydrogen (secondary N) is 4. The fraction of sp³-hybridized carbons (Fsp3) is 0.308. The summed E-state index contributed by atoms with van der Waals surface area (Å²) in [6.07, 6.45) is 4.65. The average molecular weight is 458 g/mol. The van der Waals surface area contributed by atoms with Crippen molar-refractivity contribution in [3.63, 3.8) is 0 Å². The van der Waals surface area contributed by atoms with Gasteiger partial charge in [-0.1, -0.05) is 18.2 Å². The van der Waals surface area contributed by atoms with Crippen LogP contribution in [-0.4, -0.2) is 33.2 Å². The van der Waals surface area contributed by atoms with E-state index in [1.54, 1.807) is 13.1 Å². The van der Waals surface area contributed by atoms with Crippen molar-refractivity contribution in [3.05, 3.63) is 72.1 Å². The van der Waals surface area contributed by atoms with Crippen molar-refractivity contribution in [2.75, 3.05) is 10.2 Å². The molecule has 176 valence electrons. The molecule has 0 saturated heterocycles. The first kappa shape index (κ1) is 22.0. The van der Waals surface area contributed by atoms with E-state index in [-0.39, 0.29) is 18.0 Å². The van der Waals surface area contributed by atoms with E-state index in [4.69, 9.17) is 0 Å². The molecule has 2 atom stereocenters. The highest BCUT2D eigenvalue weighted by Crippen LogP contribution is 2.41. The third-order valence-electron chi connectivity index (χ3n) is 6.51. The summed E-state index contributed by atoms with van der Waals surface area (Å²) in [5.41, 5.74) is 13.7. The number of H-pyrrole nitrogens is 1. The van der Waals surface area contributed by atoms with Crippen molar-refractivity contribution in [3.8, 4) is 11.3 Å². The number of anilines is 2. The Morgan fingerprint density at radius 1 is 1.12 bits per heavy atom. The Morgan fingerprint density at radius 2 is 1.88 bits per heavy atom. The molecule has 0 radical (unpaired) electrons. The number of amides is 1. The molecule has 5 rings (SSSR count). The van der Waals surface area contributed by atoms with Crippen molar-refractivity contribution >= 4 is 23.0 Å². The van der Waals surface area contributed by atoms with E-state index < -0.39 is 0 Å². The molecular weight excluding hydrogens is 426 g/mol. The number of carbonyl (C=O) groups excluding carboxylic acids is 1. The van der Waals surface area contributed by atoms with Gasteiger partial charge < -0.3 is 15.6 Å². The molecule has 4 N–H and O–H groups in total. The quantitative estimate of drug-likeness (QED) is 0.454. The molecule has 3 heterocycles.